The number of nitrogens with zero attached hydrogens (tertiary/aromatic N) is 3. The zero-order valence-electron chi connectivity index (χ0n) is 9.55. The fourth-order valence-corrected chi connectivity index (χ4v) is 1.48. The number of aromatic nitrogens is 4. The molecule has 2 heterocycles. The van der Waals surface area contributed by atoms with Gasteiger partial charge >= 0.3 is 5.69 Å². The maximum absolute atomic E-state index is 11.2. The molecule has 0 bridgehead atoms. The van der Waals surface area contributed by atoms with Crippen molar-refractivity contribution in [2.75, 3.05) is 11.9 Å². The van der Waals surface area contributed by atoms with Crippen molar-refractivity contribution in [1.29, 1.82) is 0 Å². The van der Waals surface area contributed by atoms with Crippen LogP contribution in [0.2, 0.25) is 0 Å². The first-order valence-electron chi connectivity index (χ1n) is 5.55. The Bertz CT molecular complexity index is 547. The third-order valence-corrected chi connectivity index (χ3v) is 2.56. The van der Waals surface area contributed by atoms with Crippen molar-refractivity contribution in [3.8, 4) is 0 Å². The summed E-state index contributed by atoms with van der Waals surface area (Å²) in [4.78, 5) is 15.3. The number of rotatable bonds is 5. The Morgan fingerprint density at radius 3 is 3.24 bits per heavy atom. The van der Waals surface area contributed by atoms with Crippen molar-refractivity contribution in [3.05, 3.63) is 22.9 Å². The molecule has 92 valence electrons. The smallest absolute Gasteiger partial charge is 0.348 e. The summed E-state index contributed by atoms with van der Waals surface area (Å²) >= 11 is 0. The van der Waals surface area contributed by atoms with Gasteiger partial charge in [-0.3, -0.25) is 0 Å². The van der Waals surface area contributed by atoms with E-state index in [4.69, 9.17) is 0 Å². The fourth-order valence-electron chi connectivity index (χ4n) is 1.48. The predicted molar refractivity (Wildman–Crippen MR) is 63.0 cm³/mol. The molecule has 0 aliphatic heterocycles. The maximum Gasteiger partial charge on any atom is 0.348 e. The minimum atomic E-state index is -0.305. The number of fused-ring (bicyclic) bond motifs is 1. The number of aliphatic hydroxyl groups is 1. The second-order valence-corrected chi connectivity index (χ2v) is 3.81. The summed E-state index contributed by atoms with van der Waals surface area (Å²) in [5.74, 6) is 0.639. The molecule has 0 fully saturated rings. The van der Waals surface area contributed by atoms with Crippen LogP contribution in [0.1, 0.15) is 19.8 Å². The van der Waals surface area contributed by atoms with Gasteiger partial charge in [0, 0.05) is 12.6 Å². The molecule has 7 heteroatoms. The molecule has 2 aromatic rings. The molecule has 2 rings (SSSR count). The van der Waals surface area contributed by atoms with Crippen molar-refractivity contribution in [2.45, 2.75) is 25.9 Å². The lowest BCUT2D eigenvalue weighted by Crippen LogP contribution is -2.14. The van der Waals surface area contributed by atoms with Gasteiger partial charge < -0.3 is 10.4 Å². The highest BCUT2D eigenvalue weighted by Crippen LogP contribution is 2.05. The van der Waals surface area contributed by atoms with Crippen molar-refractivity contribution in [1.82, 2.24) is 19.6 Å². The van der Waals surface area contributed by atoms with Gasteiger partial charge in [-0.2, -0.15) is 5.10 Å². The van der Waals surface area contributed by atoms with Crippen LogP contribution >= 0.6 is 0 Å². The summed E-state index contributed by atoms with van der Waals surface area (Å²) in [6, 6.07) is 1.68. The first-order chi connectivity index (χ1) is 8.20. The van der Waals surface area contributed by atoms with E-state index in [0.29, 0.717) is 24.4 Å². The number of anilines is 1. The zero-order chi connectivity index (χ0) is 12.3. The van der Waals surface area contributed by atoms with Gasteiger partial charge in [0.25, 0.3) is 0 Å². The van der Waals surface area contributed by atoms with Gasteiger partial charge in [-0.15, -0.1) is 0 Å². The van der Waals surface area contributed by atoms with Crippen LogP contribution < -0.4 is 11.0 Å². The summed E-state index contributed by atoms with van der Waals surface area (Å²) in [5.41, 5.74) is 0.212. The van der Waals surface area contributed by atoms with Crippen LogP contribution in [0, 0.1) is 0 Å². The van der Waals surface area contributed by atoms with Gasteiger partial charge in [0.1, 0.15) is 12.1 Å². The highest BCUT2D eigenvalue weighted by Gasteiger charge is 2.03. The lowest BCUT2D eigenvalue weighted by atomic mass is 10.2. The van der Waals surface area contributed by atoms with E-state index in [-0.39, 0.29) is 11.8 Å². The van der Waals surface area contributed by atoms with Crippen LogP contribution in [-0.4, -0.2) is 37.3 Å². The molecule has 0 aliphatic rings. The van der Waals surface area contributed by atoms with E-state index in [0.717, 1.165) is 6.42 Å². The maximum atomic E-state index is 11.2. The molecule has 2 aromatic heterocycles. The van der Waals surface area contributed by atoms with E-state index in [9.17, 15) is 9.90 Å². The highest BCUT2D eigenvalue weighted by atomic mass is 16.3. The molecule has 1 unspecified atom stereocenters. The zero-order valence-corrected chi connectivity index (χ0v) is 9.55. The molecular weight excluding hydrogens is 222 g/mol. The van der Waals surface area contributed by atoms with Gasteiger partial charge in [-0.05, 0) is 12.8 Å². The number of aromatic amines is 1. The van der Waals surface area contributed by atoms with Gasteiger partial charge in [-0.25, -0.2) is 19.3 Å². The molecular formula is C10H15N5O2. The molecule has 0 aliphatic carbocycles. The van der Waals surface area contributed by atoms with Crippen LogP contribution in [0.15, 0.2) is 17.2 Å². The summed E-state index contributed by atoms with van der Waals surface area (Å²) < 4.78 is 1.33. The van der Waals surface area contributed by atoms with Crippen molar-refractivity contribution < 1.29 is 5.11 Å². The van der Waals surface area contributed by atoms with Crippen molar-refractivity contribution in [3.63, 3.8) is 0 Å². The largest absolute Gasteiger partial charge is 0.393 e. The Kier molecular flexibility index (Phi) is 3.38. The normalized spacial score (nSPS) is 12.8. The average Bonchev–Trinajstić information content (AvgIpc) is 2.70. The topological polar surface area (TPSA) is 95.3 Å². The number of hydrogen-bond acceptors (Lipinski definition) is 5. The minimum Gasteiger partial charge on any atom is -0.393 e. The molecule has 3 N–H and O–H groups in total. The van der Waals surface area contributed by atoms with Crippen LogP contribution in [0.4, 0.5) is 5.82 Å². The fraction of sp³-hybridized carbons (Fsp3) is 0.500. The second-order valence-electron chi connectivity index (χ2n) is 3.81. The van der Waals surface area contributed by atoms with Crippen LogP contribution in [0.5, 0.6) is 0 Å². The van der Waals surface area contributed by atoms with Crippen LogP contribution in [-0.2, 0) is 0 Å². The minimum absolute atomic E-state index is 0.292. The van der Waals surface area contributed by atoms with Crippen LogP contribution in [0.3, 0.4) is 0 Å². The number of hydrogen-bond donors (Lipinski definition) is 3. The van der Waals surface area contributed by atoms with Gasteiger partial charge in [0.05, 0.1) is 6.10 Å². The van der Waals surface area contributed by atoms with Gasteiger partial charge in [-0.1, -0.05) is 6.92 Å². The summed E-state index contributed by atoms with van der Waals surface area (Å²) in [7, 11) is 0. The monoisotopic (exact) mass is 237 g/mol. The molecule has 0 saturated carbocycles. The lowest BCUT2D eigenvalue weighted by Gasteiger charge is -2.08. The molecule has 0 saturated heterocycles. The van der Waals surface area contributed by atoms with E-state index < -0.39 is 0 Å². The Morgan fingerprint density at radius 2 is 2.47 bits per heavy atom. The van der Waals surface area contributed by atoms with E-state index in [1.165, 1.54) is 10.7 Å². The molecule has 0 aromatic carbocycles. The molecule has 0 radical (unpaired) electrons. The number of nitrogens with one attached hydrogen (secondary N) is 2. The van der Waals surface area contributed by atoms with E-state index in [1.807, 2.05) is 6.92 Å². The van der Waals surface area contributed by atoms with E-state index >= 15 is 0 Å². The Hall–Kier alpha value is -1.89. The molecule has 7 nitrogen and oxygen atoms in total. The second kappa shape index (κ2) is 4.96. The first-order valence-corrected chi connectivity index (χ1v) is 5.55. The van der Waals surface area contributed by atoms with Gasteiger partial charge in [0.15, 0.2) is 5.65 Å². The Morgan fingerprint density at radius 1 is 1.65 bits per heavy atom. The molecule has 0 spiro atoms. The quantitative estimate of drug-likeness (QED) is 0.679. The third-order valence-electron chi connectivity index (χ3n) is 2.56. The standard InChI is InChI=1S/C10H15N5O2/c1-2-7(16)3-4-11-8-5-9-13-14-10(17)15(9)6-12-8/h5-7,11,16H,2-4H2,1H3,(H,14,17). The molecule has 1 atom stereocenters. The van der Waals surface area contributed by atoms with Crippen molar-refractivity contribution >= 4 is 11.5 Å². The molecule has 0 amide bonds. The number of aliphatic hydroxyl groups excluding tert-OH is 1. The SMILES string of the molecule is CCC(O)CCNc1cc2n[nH]c(=O)n2cn1. The summed E-state index contributed by atoms with van der Waals surface area (Å²) in [6.45, 7) is 2.57. The lowest BCUT2D eigenvalue weighted by molar-refractivity contribution is 0.164. The van der Waals surface area contributed by atoms with Gasteiger partial charge in [0.2, 0.25) is 0 Å². The van der Waals surface area contributed by atoms with Crippen molar-refractivity contribution in [2.24, 2.45) is 0 Å². The predicted octanol–water partition coefficient (Wildman–Crippen LogP) is -0.00950. The van der Waals surface area contributed by atoms with E-state index in [2.05, 4.69) is 20.5 Å². The Balaban J connectivity index is 2.02. The van der Waals surface area contributed by atoms with Crippen LogP contribution in [0.25, 0.3) is 5.65 Å². The third kappa shape index (κ3) is 2.62. The van der Waals surface area contributed by atoms with E-state index in [1.54, 1.807) is 6.07 Å². The average molecular weight is 237 g/mol. The number of H-pyrrole nitrogens is 1. The molecule has 17 heavy (non-hydrogen) atoms. The first kappa shape index (κ1) is 11.6. The highest BCUT2D eigenvalue weighted by molar-refractivity contribution is 5.48. The summed E-state index contributed by atoms with van der Waals surface area (Å²) in [5, 5.41) is 18.6. The summed E-state index contributed by atoms with van der Waals surface area (Å²) in [6.07, 6.45) is 2.53. The Labute approximate surface area is 97.5 Å².